The van der Waals surface area contributed by atoms with E-state index in [4.69, 9.17) is 0 Å². The number of carbonyl (C=O) groups excluding carboxylic acids is 1. The van der Waals surface area contributed by atoms with Crippen LogP contribution in [0.15, 0.2) is 60.9 Å². The minimum absolute atomic E-state index is 0.00492. The quantitative estimate of drug-likeness (QED) is 0.713. The number of rotatable bonds is 5. The smallest absolute Gasteiger partial charge is 0.153 e. The summed E-state index contributed by atoms with van der Waals surface area (Å²) in [4.78, 5) is 19.4. The Balaban J connectivity index is 1.89. The van der Waals surface area contributed by atoms with Crippen molar-refractivity contribution >= 4 is 12.1 Å². The molecule has 0 aliphatic rings. The van der Waals surface area contributed by atoms with Crippen LogP contribution in [0.4, 0.5) is 10.2 Å². The molecular weight excluding hydrogens is 305 g/mol. The Morgan fingerprint density at radius 1 is 1.08 bits per heavy atom. The van der Waals surface area contributed by atoms with Gasteiger partial charge in [-0.05, 0) is 24.6 Å². The lowest BCUT2D eigenvalue weighted by Gasteiger charge is -2.15. The molecule has 120 valence electrons. The van der Waals surface area contributed by atoms with Gasteiger partial charge in [-0.15, -0.1) is 0 Å². The molecule has 3 aromatic rings. The molecule has 1 N–H and O–H groups in total. The maximum absolute atomic E-state index is 14.3. The zero-order chi connectivity index (χ0) is 16.9. The van der Waals surface area contributed by atoms with Gasteiger partial charge in [0.1, 0.15) is 11.6 Å². The minimum Gasteiger partial charge on any atom is -0.362 e. The predicted molar refractivity (Wildman–Crippen MR) is 91.3 cm³/mol. The predicted octanol–water partition coefficient (Wildman–Crippen LogP) is 4.27. The topological polar surface area (TPSA) is 54.9 Å². The Bertz CT molecular complexity index is 852. The van der Waals surface area contributed by atoms with Gasteiger partial charge in [0.05, 0.1) is 23.7 Å². The molecule has 4 nitrogen and oxygen atoms in total. The van der Waals surface area contributed by atoms with Crippen LogP contribution in [-0.2, 0) is 0 Å². The molecule has 0 saturated carbocycles. The Labute approximate surface area is 139 Å². The number of hydrogen-bond acceptors (Lipinski definition) is 4. The molecule has 5 heteroatoms. The van der Waals surface area contributed by atoms with Crippen LogP contribution in [0.1, 0.15) is 28.9 Å². The highest BCUT2D eigenvalue weighted by Crippen LogP contribution is 2.24. The van der Waals surface area contributed by atoms with Crippen LogP contribution < -0.4 is 5.32 Å². The highest BCUT2D eigenvalue weighted by atomic mass is 19.1. The third-order valence-electron chi connectivity index (χ3n) is 3.73. The first-order chi connectivity index (χ1) is 11.7. The molecule has 0 saturated heterocycles. The number of aldehydes is 1. The Morgan fingerprint density at radius 3 is 2.62 bits per heavy atom. The van der Waals surface area contributed by atoms with Crippen LogP contribution in [0.2, 0.25) is 0 Å². The largest absolute Gasteiger partial charge is 0.362 e. The first-order valence-electron chi connectivity index (χ1n) is 7.56. The second-order valence-corrected chi connectivity index (χ2v) is 5.39. The van der Waals surface area contributed by atoms with Crippen molar-refractivity contribution in [2.45, 2.75) is 13.0 Å². The standard InChI is InChI=1S/C19H16FN3O/c1-13(14-6-3-2-4-7-14)22-18-11-21-10-17(23-18)16-9-5-8-15(12-24)19(16)20/h2-13H,1H3,(H,22,23). The Morgan fingerprint density at radius 2 is 1.88 bits per heavy atom. The van der Waals surface area contributed by atoms with Gasteiger partial charge in [-0.3, -0.25) is 9.78 Å². The number of benzene rings is 2. The van der Waals surface area contributed by atoms with Crippen molar-refractivity contribution in [3.8, 4) is 11.3 Å². The van der Waals surface area contributed by atoms with Crippen LogP contribution in [0.3, 0.4) is 0 Å². The van der Waals surface area contributed by atoms with E-state index in [0.717, 1.165) is 5.56 Å². The first kappa shape index (κ1) is 15.8. The van der Waals surface area contributed by atoms with E-state index in [2.05, 4.69) is 15.3 Å². The fourth-order valence-corrected chi connectivity index (χ4v) is 2.45. The van der Waals surface area contributed by atoms with Crippen molar-refractivity contribution in [3.63, 3.8) is 0 Å². The Kier molecular flexibility index (Phi) is 4.61. The van der Waals surface area contributed by atoms with Gasteiger partial charge in [0.2, 0.25) is 0 Å². The van der Waals surface area contributed by atoms with Gasteiger partial charge in [-0.1, -0.05) is 36.4 Å². The average Bonchev–Trinajstić information content (AvgIpc) is 2.63. The summed E-state index contributed by atoms with van der Waals surface area (Å²) in [6.45, 7) is 2.01. The van der Waals surface area contributed by atoms with E-state index in [1.165, 1.54) is 12.3 Å². The summed E-state index contributed by atoms with van der Waals surface area (Å²) in [5.74, 6) is -0.0465. The summed E-state index contributed by atoms with van der Waals surface area (Å²) in [7, 11) is 0. The molecule has 1 atom stereocenters. The molecular formula is C19H16FN3O. The number of anilines is 1. The molecule has 0 spiro atoms. The molecule has 2 aromatic carbocycles. The van der Waals surface area contributed by atoms with E-state index < -0.39 is 5.82 Å². The number of hydrogen-bond donors (Lipinski definition) is 1. The maximum atomic E-state index is 14.3. The summed E-state index contributed by atoms with van der Waals surface area (Å²) < 4.78 is 14.3. The third kappa shape index (κ3) is 3.30. The van der Waals surface area contributed by atoms with E-state index in [9.17, 15) is 9.18 Å². The highest BCUT2D eigenvalue weighted by Gasteiger charge is 2.12. The van der Waals surface area contributed by atoms with Crippen LogP contribution in [0.25, 0.3) is 11.3 Å². The molecule has 0 radical (unpaired) electrons. The van der Waals surface area contributed by atoms with Crippen LogP contribution >= 0.6 is 0 Å². The zero-order valence-corrected chi connectivity index (χ0v) is 13.1. The molecule has 1 unspecified atom stereocenters. The number of carbonyl (C=O) groups is 1. The second kappa shape index (κ2) is 7.00. The van der Waals surface area contributed by atoms with Gasteiger partial charge in [-0.2, -0.15) is 0 Å². The summed E-state index contributed by atoms with van der Waals surface area (Å²) in [5.41, 5.74) is 1.74. The number of aromatic nitrogens is 2. The number of nitrogens with one attached hydrogen (secondary N) is 1. The monoisotopic (exact) mass is 321 g/mol. The average molecular weight is 321 g/mol. The lowest BCUT2D eigenvalue weighted by molar-refractivity contribution is 0.112. The lowest BCUT2D eigenvalue weighted by atomic mass is 10.1. The van der Waals surface area contributed by atoms with Crippen molar-refractivity contribution in [1.82, 2.24) is 9.97 Å². The minimum atomic E-state index is -0.588. The summed E-state index contributed by atoms with van der Waals surface area (Å²) in [5, 5.41) is 3.25. The summed E-state index contributed by atoms with van der Waals surface area (Å²) in [6.07, 6.45) is 3.56. The fourth-order valence-electron chi connectivity index (χ4n) is 2.45. The van der Waals surface area contributed by atoms with Gasteiger partial charge in [-0.25, -0.2) is 9.37 Å². The van der Waals surface area contributed by atoms with Gasteiger partial charge in [0.25, 0.3) is 0 Å². The van der Waals surface area contributed by atoms with Crippen molar-refractivity contribution in [1.29, 1.82) is 0 Å². The van der Waals surface area contributed by atoms with Crippen molar-refractivity contribution in [2.24, 2.45) is 0 Å². The first-order valence-corrected chi connectivity index (χ1v) is 7.56. The van der Waals surface area contributed by atoms with E-state index in [0.29, 0.717) is 17.8 Å². The molecule has 24 heavy (non-hydrogen) atoms. The fraction of sp³-hybridized carbons (Fsp3) is 0.105. The molecule has 0 amide bonds. The SMILES string of the molecule is CC(Nc1cncc(-c2cccc(C=O)c2F)n1)c1ccccc1. The van der Waals surface area contributed by atoms with Crippen molar-refractivity contribution in [3.05, 3.63) is 77.9 Å². The van der Waals surface area contributed by atoms with E-state index in [-0.39, 0.29) is 17.2 Å². The van der Waals surface area contributed by atoms with E-state index in [1.807, 2.05) is 37.3 Å². The second-order valence-electron chi connectivity index (χ2n) is 5.39. The summed E-state index contributed by atoms with van der Waals surface area (Å²) >= 11 is 0. The molecule has 0 aliphatic heterocycles. The van der Waals surface area contributed by atoms with E-state index >= 15 is 0 Å². The van der Waals surface area contributed by atoms with Crippen LogP contribution in [-0.4, -0.2) is 16.3 Å². The van der Waals surface area contributed by atoms with Gasteiger partial charge in [0.15, 0.2) is 6.29 Å². The number of nitrogens with zero attached hydrogens (tertiary/aromatic N) is 2. The van der Waals surface area contributed by atoms with Crippen LogP contribution in [0, 0.1) is 5.82 Å². The molecule has 3 rings (SSSR count). The zero-order valence-electron chi connectivity index (χ0n) is 13.1. The number of halogens is 1. The molecule has 1 aromatic heterocycles. The van der Waals surface area contributed by atoms with Crippen LogP contribution in [0.5, 0.6) is 0 Å². The lowest BCUT2D eigenvalue weighted by Crippen LogP contribution is -2.08. The van der Waals surface area contributed by atoms with Crippen molar-refractivity contribution in [2.75, 3.05) is 5.32 Å². The molecule has 0 aliphatic carbocycles. The molecule has 0 bridgehead atoms. The summed E-state index contributed by atoms with van der Waals surface area (Å²) in [6, 6.07) is 14.6. The highest BCUT2D eigenvalue weighted by molar-refractivity contribution is 5.79. The molecule has 1 heterocycles. The Hall–Kier alpha value is -3.08. The molecule has 0 fully saturated rings. The van der Waals surface area contributed by atoms with Gasteiger partial charge >= 0.3 is 0 Å². The van der Waals surface area contributed by atoms with Crippen molar-refractivity contribution < 1.29 is 9.18 Å². The van der Waals surface area contributed by atoms with E-state index in [1.54, 1.807) is 18.3 Å². The normalized spacial score (nSPS) is 11.8. The maximum Gasteiger partial charge on any atom is 0.153 e. The van der Waals surface area contributed by atoms with Gasteiger partial charge < -0.3 is 5.32 Å². The van der Waals surface area contributed by atoms with Gasteiger partial charge in [0, 0.05) is 11.6 Å². The third-order valence-corrected chi connectivity index (χ3v) is 3.73.